The maximum absolute atomic E-state index is 13.1. The SMILES string of the molecule is Cn1cc(S(=O)(=O)N2CCC(n3ncc(NC[C@H]4CCCOC4)c(Cl)c3=O)CC2)c(=O)n(C)c1=O. The Kier molecular flexibility index (Phi) is 7.50. The highest BCUT2D eigenvalue weighted by Crippen LogP contribution is 2.26. The molecular weight excluding hydrogens is 500 g/mol. The summed E-state index contributed by atoms with van der Waals surface area (Å²) in [6.07, 6.45) is 5.25. The van der Waals surface area contributed by atoms with Gasteiger partial charge in [0.1, 0.15) is 5.02 Å². The lowest BCUT2D eigenvalue weighted by Gasteiger charge is -2.31. The molecule has 0 radical (unpaired) electrons. The fourth-order valence-corrected chi connectivity index (χ4v) is 6.29. The molecule has 12 nitrogen and oxygen atoms in total. The van der Waals surface area contributed by atoms with Crippen molar-refractivity contribution in [2.75, 3.05) is 38.2 Å². The first-order valence-corrected chi connectivity index (χ1v) is 13.3. The molecule has 0 spiro atoms. The van der Waals surface area contributed by atoms with Crippen LogP contribution in [-0.4, -0.2) is 64.5 Å². The number of hydrogen-bond donors (Lipinski definition) is 1. The van der Waals surface area contributed by atoms with E-state index in [1.165, 1.54) is 29.3 Å². The van der Waals surface area contributed by atoms with Crippen molar-refractivity contribution in [3.63, 3.8) is 0 Å². The highest BCUT2D eigenvalue weighted by Gasteiger charge is 2.33. The van der Waals surface area contributed by atoms with E-state index >= 15 is 0 Å². The molecule has 2 aromatic heterocycles. The zero-order valence-electron chi connectivity index (χ0n) is 19.6. The van der Waals surface area contributed by atoms with Crippen LogP contribution >= 0.6 is 11.6 Å². The average molecular weight is 529 g/mol. The van der Waals surface area contributed by atoms with Gasteiger partial charge in [-0.1, -0.05) is 11.6 Å². The minimum absolute atomic E-state index is 0.0421. The van der Waals surface area contributed by atoms with Gasteiger partial charge in [0.15, 0.2) is 4.90 Å². The van der Waals surface area contributed by atoms with Crippen LogP contribution in [0.3, 0.4) is 0 Å². The van der Waals surface area contributed by atoms with Gasteiger partial charge in [0.25, 0.3) is 11.1 Å². The number of rotatable bonds is 6. The summed E-state index contributed by atoms with van der Waals surface area (Å²) in [5.41, 5.74) is -1.46. The average Bonchev–Trinajstić information content (AvgIpc) is 2.86. The van der Waals surface area contributed by atoms with E-state index in [0.717, 1.165) is 34.8 Å². The number of piperidine rings is 1. The molecule has 35 heavy (non-hydrogen) atoms. The van der Waals surface area contributed by atoms with E-state index in [-0.39, 0.29) is 24.2 Å². The summed E-state index contributed by atoms with van der Waals surface area (Å²) >= 11 is 6.34. The summed E-state index contributed by atoms with van der Waals surface area (Å²) in [6.45, 7) is 2.25. The number of hydrogen-bond acceptors (Lipinski definition) is 8. The maximum atomic E-state index is 13.1. The largest absolute Gasteiger partial charge is 0.382 e. The van der Waals surface area contributed by atoms with E-state index in [1.54, 1.807) is 0 Å². The second kappa shape index (κ2) is 10.2. The Morgan fingerprint density at radius 2 is 1.86 bits per heavy atom. The minimum atomic E-state index is -4.12. The summed E-state index contributed by atoms with van der Waals surface area (Å²) in [5, 5.41) is 7.51. The highest BCUT2D eigenvalue weighted by molar-refractivity contribution is 7.89. The second-order valence-electron chi connectivity index (χ2n) is 8.97. The summed E-state index contributed by atoms with van der Waals surface area (Å²) in [5.74, 6) is 0.345. The smallest absolute Gasteiger partial charge is 0.330 e. The van der Waals surface area contributed by atoms with Crippen LogP contribution < -0.4 is 22.1 Å². The number of halogens is 1. The third kappa shape index (κ3) is 5.08. The van der Waals surface area contributed by atoms with Gasteiger partial charge in [-0.05, 0) is 31.6 Å². The van der Waals surface area contributed by atoms with Gasteiger partial charge < -0.3 is 14.6 Å². The van der Waals surface area contributed by atoms with Gasteiger partial charge in [0, 0.05) is 46.5 Å². The van der Waals surface area contributed by atoms with Crippen molar-refractivity contribution in [2.24, 2.45) is 20.0 Å². The summed E-state index contributed by atoms with van der Waals surface area (Å²) < 4.78 is 36.0. The lowest BCUT2D eigenvalue weighted by Crippen LogP contribution is -2.45. The maximum Gasteiger partial charge on any atom is 0.330 e. The number of sulfonamides is 1. The molecule has 14 heteroatoms. The first kappa shape index (κ1) is 25.6. The molecule has 4 rings (SSSR count). The molecule has 1 atom stereocenters. The van der Waals surface area contributed by atoms with Crippen LogP contribution in [0, 0.1) is 5.92 Å². The number of anilines is 1. The zero-order chi connectivity index (χ0) is 25.3. The van der Waals surface area contributed by atoms with Crippen molar-refractivity contribution in [2.45, 2.75) is 36.6 Å². The van der Waals surface area contributed by atoms with E-state index in [2.05, 4.69) is 10.4 Å². The van der Waals surface area contributed by atoms with Gasteiger partial charge in [0.05, 0.1) is 24.5 Å². The molecule has 2 aliphatic rings. The standard InChI is InChI=1S/C21H29ClN6O6S/c1-25-12-17(19(29)26(2)21(25)31)35(32,33)27-7-5-15(6-8-27)28-20(30)18(22)16(11-24-28)23-10-14-4-3-9-34-13-14/h11-12,14-15,23H,3-10,13H2,1-2H3/t14-/m1/s1. The summed E-state index contributed by atoms with van der Waals surface area (Å²) in [7, 11) is -1.50. The predicted octanol–water partition coefficient (Wildman–Crippen LogP) is 0.158. The Bertz CT molecular complexity index is 1370. The number of nitrogens with one attached hydrogen (secondary N) is 1. The third-order valence-electron chi connectivity index (χ3n) is 6.58. The summed E-state index contributed by atoms with van der Waals surface area (Å²) in [4.78, 5) is 36.8. The molecule has 0 bridgehead atoms. The van der Waals surface area contributed by atoms with Crippen molar-refractivity contribution >= 4 is 27.3 Å². The predicted molar refractivity (Wildman–Crippen MR) is 129 cm³/mol. The van der Waals surface area contributed by atoms with Crippen LogP contribution in [0.1, 0.15) is 31.7 Å². The lowest BCUT2D eigenvalue weighted by molar-refractivity contribution is 0.0595. The number of aryl methyl sites for hydroxylation is 1. The molecular formula is C21H29ClN6O6S. The number of ether oxygens (including phenoxy) is 1. The normalized spacial score (nSPS) is 20.1. The number of aromatic nitrogens is 4. The number of nitrogens with zero attached hydrogens (tertiary/aromatic N) is 5. The third-order valence-corrected chi connectivity index (χ3v) is 8.83. The minimum Gasteiger partial charge on any atom is -0.382 e. The Labute approximate surface area is 207 Å². The van der Waals surface area contributed by atoms with Crippen molar-refractivity contribution in [1.29, 1.82) is 0 Å². The van der Waals surface area contributed by atoms with E-state index in [4.69, 9.17) is 16.3 Å². The Hall–Kier alpha value is -2.48. The fourth-order valence-electron chi connectivity index (χ4n) is 4.47. The Balaban J connectivity index is 1.46. The molecule has 0 unspecified atom stereocenters. The van der Waals surface area contributed by atoms with Crippen molar-refractivity contribution in [3.8, 4) is 0 Å². The molecule has 0 saturated carbocycles. The van der Waals surface area contributed by atoms with Crippen LogP contribution in [0.2, 0.25) is 5.02 Å². The molecule has 0 aliphatic carbocycles. The van der Waals surface area contributed by atoms with Crippen molar-refractivity contribution < 1.29 is 13.2 Å². The fraction of sp³-hybridized carbons (Fsp3) is 0.619. The summed E-state index contributed by atoms with van der Waals surface area (Å²) in [6, 6.07) is -0.338. The first-order chi connectivity index (χ1) is 16.6. The van der Waals surface area contributed by atoms with Crippen LogP contribution in [0.15, 0.2) is 31.7 Å². The van der Waals surface area contributed by atoms with Gasteiger partial charge in [-0.3, -0.25) is 14.2 Å². The van der Waals surface area contributed by atoms with Crippen LogP contribution in [0.4, 0.5) is 5.69 Å². The quantitative estimate of drug-likeness (QED) is 0.559. The zero-order valence-corrected chi connectivity index (χ0v) is 21.2. The molecule has 2 saturated heterocycles. The van der Waals surface area contributed by atoms with Gasteiger partial charge in [-0.15, -0.1) is 0 Å². The monoisotopic (exact) mass is 528 g/mol. The lowest BCUT2D eigenvalue weighted by atomic mass is 10.0. The van der Waals surface area contributed by atoms with E-state index < -0.39 is 31.7 Å². The van der Waals surface area contributed by atoms with Gasteiger partial charge in [-0.25, -0.2) is 17.9 Å². The molecule has 2 aliphatic heterocycles. The van der Waals surface area contributed by atoms with E-state index in [9.17, 15) is 22.8 Å². The van der Waals surface area contributed by atoms with E-state index in [1.807, 2.05) is 0 Å². The van der Waals surface area contributed by atoms with Crippen LogP contribution in [0.25, 0.3) is 0 Å². The van der Waals surface area contributed by atoms with Crippen molar-refractivity contribution in [3.05, 3.63) is 48.6 Å². The van der Waals surface area contributed by atoms with Gasteiger partial charge in [0.2, 0.25) is 10.0 Å². The molecule has 2 fully saturated rings. The molecule has 4 heterocycles. The molecule has 2 aromatic rings. The van der Waals surface area contributed by atoms with E-state index in [0.29, 0.717) is 37.6 Å². The molecule has 192 valence electrons. The molecule has 0 aromatic carbocycles. The van der Waals surface area contributed by atoms with Gasteiger partial charge in [-0.2, -0.15) is 9.40 Å². The molecule has 0 amide bonds. The second-order valence-corrected chi connectivity index (χ2v) is 11.3. The van der Waals surface area contributed by atoms with Gasteiger partial charge >= 0.3 is 5.69 Å². The topological polar surface area (TPSA) is 138 Å². The first-order valence-electron chi connectivity index (χ1n) is 11.5. The highest BCUT2D eigenvalue weighted by atomic mass is 35.5. The van der Waals surface area contributed by atoms with Crippen LogP contribution in [0.5, 0.6) is 0 Å². The van der Waals surface area contributed by atoms with Crippen molar-refractivity contribution in [1.82, 2.24) is 23.2 Å². The van der Waals surface area contributed by atoms with Crippen LogP contribution in [-0.2, 0) is 28.9 Å². The Morgan fingerprint density at radius 1 is 1.14 bits per heavy atom. The Morgan fingerprint density at radius 3 is 2.51 bits per heavy atom. The molecule has 1 N–H and O–H groups in total.